The number of hydrogen-bond acceptors (Lipinski definition) is 3. The van der Waals surface area contributed by atoms with Crippen LogP contribution in [0.15, 0.2) is 65.5 Å². The minimum absolute atomic E-state index is 0.147. The van der Waals surface area contributed by atoms with Crippen molar-refractivity contribution in [3.8, 4) is 0 Å². The number of pyridine rings is 1. The highest BCUT2D eigenvalue weighted by Crippen LogP contribution is 2.58. The summed E-state index contributed by atoms with van der Waals surface area (Å²) in [5.41, 5.74) is 3.44. The number of carbonyl (C=O) groups is 1. The predicted molar refractivity (Wildman–Crippen MR) is 110 cm³/mol. The van der Waals surface area contributed by atoms with E-state index in [0.29, 0.717) is 6.54 Å². The molecule has 4 rings (SSSR count). The first-order chi connectivity index (χ1) is 13.2. The Hall–Kier alpha value is -3.01. The number of allylic oxidation sites excluding steroid dienone is 3. The Kier molecular flexibility index (Phi) is 4.27. The molecule has 0 unspecified atom stereocenters. The largest absolute Gasteiger partial charge is 0.304 e. The quantitative estimate of drug-likeness (QED) is 0.738. The van der Waals surface area contributed by atoms with Gasteiger partial charge in [-0.25, -0.2) is 0 Å². The Bertz CT molecular complexity index is 1030. The highest BCUT2D eigenvalue weighted by Gasteiger charge is 2.59. The van der Waals surface area contributed by atoms with E-state index < -0.39 is 0 Å². The number of fused-ring (bicyclic) bond motifs is 1. The van der Waals surface area contributed by atoms with Crippen molar-refractivity contribution in [1.82, 2.24) is 9.88 Å². The van der Waals surface area contributed by atoms with Crippen LogP contribution in [0.1, 0.15) is 31.0 Å². The smallest absolute Gasteiger partial charge is 0.238 e. The van der Waals surface area contributed by atoms with Crippen molar-refractivity contribution in [2.24, 2.45) is 10.4 Å². The first-order valence-electron chi connectivity index (χ1n) is 9.27. The zero-order valence-electron chi connectivity index (χ0n) is 15.8. The van der Waals surface area contributed by atoms with Crippen molar-refractivity contribution in [1.29, 1.82) is 0 Å². The molecule has 136 valence electrons. The lowest BCUT2D eigenvalue weighted by Gasteiger charge is -2.20. The molecule has 0 radical (unpaired) electrons. The third-order valence-electron chi connectivity index (χ3n) is 5.50. The van der Waals surface area contributed by atoms with Crippen molar-refractivity contribution in [3.63, 3.8) is 0 Å². The van der Waals surface area contributed by atoms with Crippen molar-refractivity contribution >= 4 is 29.0 Å². The second-order valence-corrected chi connectivity index (χ2v) is 7.07. The Morgan fingerprint density at radius 3 is 2.78 bits per heavy atom. The van der Waals surface area contributed by atoms with Gasteiger partial charge in [0.25, 0.3) is 0 Å². The molecule has 1 aliphatic carbocycles. The van der Waals surface area contributed by atoms with Gasteiger partial charge in [0.05, 0.1) is 23.4 Å². The summed E-state index contributed by atoms with van der Waals surface area (Å²) in [7, 11) is 1.73. The standard InChI is InChI=1S/C23H23N3O/c1-4-8-18-17-10-7-6-9-16(17)13-25-20(18)15-26-21(14-24-3)19(5-2)23(11-12-23)22(26)27/h4-10,13-14H,2,11-12,15H2,1,3H3. The third-order valence-corrected chi connectivity index (χ3v) is 5.50. The van der Waals surface area contributed by atoms with Gasteiger partial charge in [0.15, 0.2) is 0 Å². The SMILES string of the molecule is C=CC1=C(C=NC)N(Cc2ncc3ccccc3c2C=CC)C(=O)C12CC2. The summed E-state index contributed by atoms with van der Waals surface area (Å²) in [5.74, 6) is 0.147. The lowest BCUT2D eigenvalue weighted by atomic mass is 9.97. The van der Waals surface area contributed by atoms with E-state index in [9.17, 15) is 4.79 Å². The van der Waals surface area contributed by atoms with E-state index in [2.05, 4.69) is 29.8 Å². The lowest BCUT2D eigenvalue weighted by Crippen LogP contribution is -2.30. The van der Waals surface area contributed by atoms with Gasteiger partial charge in [0, 0.05) is 30.4 Å². The fourth-order valence-corrected chi connectivity index (χ4v) is 4.06. The minimum Gasteiger partial charge on any atom is -0.304 e. The molecule has 1 aliphatic heterocycles. The van der Waals surface area contributed by atoms with Crippen LogP contribution in [0.2, 0.25) is 0 Å². The molecule has 2 aromatic rings. The monoisotopic (exact) mass is 357 g/mol. The molecule has 1 saturated carbocycles. The predicted octanol–water partition coefficient (Wildman–Crippen LogP) is 4.53. The van der Waals surface area contributed by atoms with E-state index >= 15 is 0 Å². The molecule has 2 aliphatic rings. The van der Waals surface area contributed by atoms with E-state index in [-0.39, 0.29) is 11.3 Å². The first kappa shape index (κ1) is 17.4. The van der Waals surface area contributed by atoms with Gasteiger partial charge in [-0.15, -0.1) is 0 Å². The summed E-state index contributed by atoms with van der Waals surface area (Å²) in [4.78, 5) is 23.9. The van der Waals surface area contributed by atoms with Crippen molar-refractivity contribution < 1.29 is 4.79 Å². The third kappa shape index (κ3) is 2.64. The van der Waals surface area contributed by atoms with Gasteiger partial charge < -0.3 is 4.90 Å². The number of benzene rings is 1. The van der Waals surface area contributed by atoms with Gasteiger partial charge in [0.1, 0.15) is 0 Å². The van der Waals surface area contributed by atoms with Crippen LogP contribution in [0.3, 0.4) is 0 Å². The van der Waals surface area contributed by atoms with Gasteiger partial charge in [-0.05, 0) is 30.7 Å². The maximum Gasteiger partial charge on any atom is 0.238 e. The van der Waals surface area contributed by atoms with Crippen LogP contribution in [-0.4, -0.2) is 29.1 Å². The molecule has 1 amide bonds. The summed E-state index contributed by atoms with van der Waals surface area (Å²) in [6.45, 7) is 6.38. The first-order valence-corrected chi connectivity index (χ1v) is 9.27. The molecule has 4 nitrogen and oxygen atoms in total. The molecule has 4 heteroatoms. The molecule has 1 aromatic carbocycles. The summed E-state index contributed by atoms with van der Waals surface area (Å²) >= 11 is 0. The van der Waals surface area contributed by atoms with Gasteiger partial charge in [-0.3, -0.25) is 14.8 Å². The average molecular weight is 357 g/mol. The normalized spacial score (nSPS) is 18.6. The maximum atomic E-state index is 13.2. The van der Waals surface area contributed by atoms with Gasteiger partial charge in [-0.1, -0.05) is 49.1 Å². The van der Waals surface area contributed by atoms with Crippen LogP contribution in [0.25, 0.3) is 16.8 Å². The van der Waals surface area contributed by atoms with Crippen LogP contribution in [0.5, 0.6) is 0 Å². The second kappa shape index (κ2) is 6.62. The molecule has 1 aromatic heterocycles. The summed E-state index contributed by atoms with van der Waals surface area (Å²) in [6.07, 6.45) is 11.3. The number of carbonyl (C=O) groups excluding carboxylic acids is 1. The molecule has 1 spiro atoms. The molecule has 0 N–H and O–H groups in total. The minimum atomic E-state index is -0.379. The number of aromatic nitrogens is 1. The Morgan fingerprint density at radius 2 is 2.11 bits per heavy atom. The van der Waals surface area contributed by atoms with E-state index in [1.54, 1.807) is 13.3 Å². The highest BCUT2D eigenvalue weighted by molar-refractivity contribution is 6.02. The van der Waals surface area contributed by atoms with Gasteiger partial charge in [-0.2, -0.15) is 0 Å². The topological polar surface area (TPSA) is 45.6 Å². The number of aliphatic imine (C=N–C) groups is 1. The van der Waals surface area contributed by atoms with E-state index in [4.69, 9.17) is 4.98 Å². The van der Waals surface area contributed by atoms with Crippen LogP contribution in [0, 0.1) is 5.41 Å². The Morgan fingerprint density at radius 1 is 1.33 bits per heavy atom. The van der Waals surface area contributed by atoms with Crippen LogP contribution >= 0.6 is 0 Å². The zero-order valence-corrected chi connectivity index (χ0v) is 15.8. The number of rotatable bonds is 5. The van der Waals surface area contributed by atoms with Crippen LogP contribution < -0.4 is 0 Å². The molecule has 1 fully saturated rings. The molecule has 0 bridgehead atoms. The van der Waals surface area contributed by atoms with Crippen molar-refractivity contribution in [3.05, 3.63) is 71.7 Å². The molecule has 0 saturated heterocycles. The molecule has 0 atom stereocenters. The molecular formula is C23H23N3O. The van der Waals surface area contributed by atoms with E-state index in [1.165, 1.54) is 0 Å². The number of hydrogen-bond donors (Lipinski definition) is 0. The van der Waals surface area contributed by atoms with Gasteiger partial charge in [0.2, 0.25) is 5.91 Å². The van der Waals surface area contributed by atoms with Crippen molar-refractivity contribution in [2.45, 2.75) is 26.3 Å². The van der Waals surface area contributed by atoms with Crippen molar-refractivity contribution in [2.75, 3.05) is 7.05 Å². The van der Waals surface area contributed by atoms with E-state index in [0.717, 1.165) is 46.1 Å². The fourth-order valence-electron chi connectivity index (χ4n) is 4.06. The summed E-state index contributed by atoms with van der Waals surface area (Å²) < 4.78 is 0. The van der Waals surface area contributed by atoms with E-state index in [1.807, 2.05) is 42.3 Å². The fraction of sp³-hybridized carbons (Fsp3) is 0.261. The highest BCUT2D eigenvalue weighted by atomic mass is 16.2. The maximum absolute atomic E-state index is 13.2. The molecular weight excluding hydrogens is 334 g/mol. The summed E-state index contributed by atoms with van der Waals surface area (Å²) in [5, 5.41) is 2.24. The molecule has 2 heterocycles. The van der Waals surface area contributed by atoms with Crippen LogP contribution in [-0.2, 0) is 11.3 Å². The zero-order chi connectivity index (χ0) is 19.0. The second-order valence-electron chi connectivity index (χ2n) is 7.07. The number of nitrogens with zero attached hydrogens (tertiary/aromatic N) is 3. The lowest BCUT2D eigenvalue weighted by molar-refractivity contribution is -0.131. The summed E-state index contributed by atoms with van der Waals surface area (Å²) in [6, 6.07) is 8.21. The Labute approximate surface area is 159 Å². The molecule has 27 heavy (non-hydrogen) atoms. The average Bonchev–Trinajstić information content (AvgIpc) is 3.45. The van der Waals surface area contributed by atoms with Crippen LogP contribution in [0.4, 0.5) is 0 Å². The van der Waals surface area contributed by atoms with Gasteiger partial charge >= 0.3 is 0 Å². The number of amides is 1. The Balaban J connectivity index is 1.82.